The molecule has 1 aromatic rings. The quantitative estimate of drug-likeness (QED) is 0.758. The number of aliphatic hydroxyl groups is 1. The highest BCUT2D eigenvalue weighted by atomic mass is 19.3. The van der Waals surface area contributed by atoms with Crippen molar-refractivity contribution in [3.05, 3.63) is 35.9 Å². The number of benzene rings is 1. The zero-order chi connectivity index (χ0) is 11.1. The van der Waals surface area contributed by atoms with Gasteiger partial charge < -0.3 is 10.4 Å². The Kier molecular flexibility index (Phi) is 5.21. The van der Waals surface area contributed by atoms with Crippen molar-refractivity contribution in [1.82, 2.24) is 5.32 Å². The number of alkyl halides is 2. The predicted molar refractivity (Wildman–Crippen MR) is 54.8 cm³/mol. The van der Waals surface area contributed by atoms with E-state index in [0.717, 1.165) is 5.56 Å². The van der Waals surface area contributed by atoms with Gasteiger partial charge in [0.2, 0.25) is 6.43 Å². The lowest BCUT2D eigenvalue weighted by atomic mass is 10.2. The first-order valence-electron chi connectivity index (χ1n) is 4.88. The molecule has 1 unspecified atom stereocenters. The Bertz CT molecular complexity index is 267. The largest absolute Gasteiger partial charge is 0.395 e. The van der Waals surface area contributed by atoms with Gasteiger partial charge in [0.05, 0.1) is 6.61 Å². The molecule has 1 rings (SSSR count). The Balaban J connectivity index is 2.34. The molecule has 0 heterocycles. The van der Waals surface area contributed by atoms with Crippen LogP contribution in [0, 0.1) is 0 Å². The molecule has 0 spiro atoms. The minimum atomic E-state index is -2.38. The molecule has 1 atom stereocenters. The van der Waals surface area contributed by atoms with Crippen molar-refractivity contribution in [1.29, 1.82) is 0 Å². The fraction of sp³-hybridized carbons (Fsp3) is 0.455. The normalized spacial score (nSPS) is 13.1. The maximum atomic E-state index is 12.0. The van der Waals surface area contributed by atoms with Gasteiger partial charge >= 0.3 is 0 Å². The van der Waals surface area contributed by atoms with Crippen molar-refractivity contribution in [2.45, 2.75) is 25.4 Å². The predicted octanol–water partition coefficient (Wildman–Crippen LogP) is 1.79. The van der Waals surface area contributed by atoms with Crippen molar-refractivity contribution in [2.24, 2.45) is 0 Å². The van der Waals surface area contributed by atoms with Gasteiger partial charge in [0.25, 0.3) is 0 Å². The number of nitrogens with one attached hydrogen (secondary N) is 1. The molecule has 0 aliphatic carbocycles. The molecule has 0 amide bonds. The summed E-state index contributed by atoms with van der Waals surface area (Å²) in [5.41, 5.74) is 1.02. The van der Waals surface area contributed by atoms with Gasteiger partial charge in [-0.25, -0.2) is 8.78 Å². The molecule has 0 bridgehead atoms. The fourth-order valence-corrected chi connectivity index (χ4v) is 1.30. The monoisotopic (exact) mass is 215 g/mol. The molecule has 2 N–H and O–H groups in total. The smallest absolute Gasteiger partial charge is 0.240 e. The van der Waals surface area contributed by atoms with E-state index in [9.17, 15) is 8.78 Å². The minimum absolute atomic E-state index is 0.267. The second-order valence-electron chi connectivity index (χ2n) is 3.37. The molecule has 0 saturated carbocycles. The van der Waals surface area contributed by atoms with Crippen LogP contribution in [0.5, 0.6) is 0 Å². The van der Waals surface area contributed by atoms with E-state index in [4.69, 9.17) is 5.11 Å². The summed E-state index contributed by atoms with van der Waals surface area (Å²) in [6.45, 7) is 0.232. The zero-order valence-corrected chi connectivity index (χ0v) is 8.37. The Hall–Kier alpha value is -1.00. The molecule has 84 valence electrons. The van der Waals surface area contributed by atoms with Gasteiger partial charge in [-0.2, -0.15) is 0 Å². The van der Waals surface area contributed by atoms with Crippen LogP contribution in [-0.2, 0) is 6.54 Å². The summed E-state index contributed by atoms with van der Waals surface area (Å²) in [5, 5.41) is 11.7. The van der Waals surface area contributed by atoms with Crippen molar-refractivity contribution >= 4 is 0 Å². The molecule has 0 aromatic heterocycles. The van der Waals surface area contributed by atoms with Crippen LogP contribution in [0.25, 0.3) is 0 Å². The second-order valence-corrected chi connectivity index (χ2v) is 3.37. The van der Waals surface area contributed by atoms with Crippen LogP contribution >= 0.6 is 0 Å². The average Bonchev–Trinajstić information content (AvgIpc) is 2.25. The first kappa shape index (κ1) is 12.1. The van der Waals surface area contributed by atoms with E-state index in [1.54, 1.807) is 0 Å². The lowest BCUT2D eigenvalue weighted by Gasteiger charge is -2.15. The third-order valence-electron chi connectivity index (χ3n) is 2.12. The summed E-state index contributed by atoms with van der Waals surface area (Å²) in [6, 6.07) is 8.95. The van der Waals surface area contributed by atoms with Crippen LogP contribution in [0.4, 0.5) is 8.78 Å². The molecular weight excluding hydrogens is 200 g/mol. The first-order chi connectivity index (χ1) is 7.22. The highest BCUT2D eigenvalue weighted by molar-refractivity contribution is 5.14. The summed E-state index contributed by atoms with van der Waals surface area (Å²) in [6.07, 6.45) is -2.70. The van der Waals surface area contributed by atoms with Crippen LogP contribution < -0.4 is 5.32 Å². The maximum absolute atomic E-state index is 12.0. The van der Waals surface area contributed by atoms with Gasteiger partial charge in [0.15, 0.2) is 0 Å². The van der Waals surface area contributed by atoms with Gasteiger partial charge in [0, 0.05) is 19.0 Å². The van der Waals surface area contributed by atoms with E-state index in [1.165, 1.54) is 0 Å². The number of hydrogen-bond donors (Lipinski definition) is 2. The average molecular weight is 215 g/mol. The van der Waals surface area contributed by atoms with Crippen LogP contribution in [-0.4, -0.2) is 24.2 Å². The molecule has 0 aliphatic rings. The van der Waals surface area contributed by atoms with Gasteiger partial charge in [-0.3, -0.25) is 0 Å². The lowest BCUT2D eigenvalue weighted by molar-refractivity contribution is 0.104. The SMILES string of the molecule is OCC(CC(F)F)NCc1ccccc1. The maximum Gasteiger partial charge on any atom is 0.240 e. The topological polar surface area (TPSA) is 32.3 Å². The summed E-state index contributed by atoms with van der Waals surface area (Å²) >= 11 is 0. The van der Waals surface area contributed by atoms with E-state index in [0.29, 0.717) is 6.54 Å². The lowest BCUT2D eigenvalue weighted by Crippen LogP contribution is -2.33. The number of aliphatic hydroxyl groups excluding tert-OH is 1. The molecule has 0 radical (unpaired) electrons. The highest BCUT2D eigenvalue weighted by Gasteiger charge is 2.13. The van der Waals surface area contributed by atoms with E-state index in [1.807, 2.05) is 30.3 Å². The van der Waals surface area contributed by atoms with Crippen molar-refractivity contribution in [3.8, 4) is 0 Å². The van der Waals surface area contributed by atoms with E-state index in [-0.39, 0.29) is 13.0 Å². The first-order valence-corrected chi connectivity index (χ1v) is 4.88. The Morgan fingerprint density at radius 2 is 1.87 bits per heavy atom. The van der Waals surface area contributed by atoms with Gasteiger partial charge in [-0.15, -0.1) is 0 Å². The molecule has 4 heteroatoms. The van der Waals surface area contributed by atoms with Gasteiger partial charge in [-0.05, 0) is 5.56 Å². The van der Waals surface area contributed by atoms with Crippen LogP contribution in [0.15, 0.2) is 30.3 Å². The van der Waals surface area contributed by atoms with E-state index in [2.05, 4.69) is 5.32 Å². The number of hydrogen-bond acceptors (Lipinski definition) is 2. The van der Waals surface area contributed by atoms with E-state index < -0.39 is 12.5 Å². The summed E-state index contributed by atoms with van der Waals surface area (Å²) < 4.78 is 24.1. The Labute approximate surface area is 87.9 Å². The third-order valence-corrected chi connectivity index (χ3v) is 2.12. The number of halogens is 2. The molecular formula is C11H15F2NO. The minimum Gasteiger partial charge on any atom is -0.395 e. The summed E-state index contributed by atoms with van der Waals surface area (Å²) in [7, 11) is 0. The van der Waals surface area contributed by atoms with Gasteiger partial charge in [0.1, 0.15) is 0 Å². The number of rotatable bonds is 6. The van der Waals surface area contributed by atoms with Crippen molar-refractivity contribution in [3.63, 3.8) is 0 Å². The van der Waals surface area contributed by atoms with Crippen LogP contribution in [0.2, 0.25) is 0 Å². The zero-order valence-electron chi connectivity index (χ0n) is 8.37. The molecule has 0 aliphatic heterocycles. The summed E-state index contributed by atoms with van der Waals surface area (Å²) in [5.74, 6) is 0. The Morgan fingerprint density at radius 3 is 2.40 bits per heavy atom. The Morgan fingerprint density at radius 1 is 1.20 bits per heavy atom. The van der Waals surface area contributed by atoms with E-state index >= 15 is 0 Å². The third kappa shape index (κ3) is 4.85. The van der Waals surface area contributed by atoms with Crippen molar-refractivity contribution < 1.29 is 13.9 Å². The summed E-state index contributed by atoms with van der Waals surface area (Å²) in [4.78, 5) is 0. The molecule has 15 heavy (non-hydrogen) atoms. The second kappa shape index (κ2) is 6.48. The molecule has 0 saturated heterocycles. The molecule has 1 aromatic carbocycles. The van der Waals surface area contributed by atoms with Crippen molar-refractivity contribution in [2.75, 3.05) is 6.61 Å². The van der Waals surface area contributed by atoms with Crippen LogP contribution in [0.1, 0.15) is 12.0 Å². The standard InChI is InChI=1S/C11H15F2NO/c12-11(13)6-10(8-15)14-7-9-4-2-1-3-5-9/h1-5,10-11,14-15H,6-8H2. The van der Waals surface area contributed by atoms with Crippen LogP contribution in [0.3, 0.4) is 0 Å². The molecule has 0 fully saturated rings. The molecule has 2 nitrogen and oxygen atoms in total. The van der Waals surface area contributed by atoms with Gasteiger partial charge in [-0.1, -0.05) is 30.3 Å². The highest BCUT2D eigenvalue weighted by Crippen LogP contribution is 2.05. The fourth-order valence-electron chi connectivity index (χ4n) is 1.30.